The number of carbonyl (C=O) groups is 1. The maximum atomic E-state index is 11.1. The van der Waals surface area contributed by atoms with E-state index in [1.807, 2.05) is 0 Å². The lowest BCUT2D eigenvalue weighted by atomic mass is 9.77. The minimum absolute atomic E-state index is 0.0839. The number of hydrogen-bond donors (Lipinski definition) is 2. The van der Waals surface area contributed by atoms with E-state index < -0.39 is 5.97 Å². The van der Waals surface area contributed by atoms with E-state index in [9.17, 15) is 4.79 Å². The lowest BCUT2D eigenvalue weighted by Gasteiger charge is -2.33. The van der Waals surface area contributed by atoms with Crippen molar-refractivity contribution in [3.63, 3.8) is 0 Å². The Morgan fingerprint density at radius 1 is 1.21 bits per heavy atom. The monoisotopic (exact) mass is 197 g/mol. The van der Waals surface area contributed by atoms with E-state index in [1.54, 1.807) is 0 Å². The second-order valence-corrected chi connectivity index (χ2v) is 4.65. The average molecular weight is 197 g/mol. The molecule has 0 spiro atoms. The predicted octanol–water partition coefficient (Wildman–Crippen LogP) is 1.49. The van der Waals surface area contributed by atoms with E-state index in [0.717, 1.165) is 19.5 Å². The number of nitrogens with one attached hydrogen (secondary N) is 1. The van der Waals surface area contributed by atoms with Crippen LogP contribution in [0.5, 0.6) is 0 Å². The third-order valence-electron chi connectivity index (χ3n) is 3.85. The van der Waals surface area contributed by atoms with Gasteiger partial charge in [-0.3, -0.25) is 4.79 Å². The van der Waals surface area contributed by atoms with E-state index in [1.165, 1.54) is 25.7 Å². The second kappa shape index (κ2) is 4.30. The molecule has 2 fully saturated rings. The van der Waals surface area contributed by atoms with Gasteiger partial charge in [0.05, 0.1) is 5.92 Å². The van der Waals surface area contributed by atoms with E-state index >= 15 is 0 Å². The van der Waals surface area contributed by atoms with Crippen molar-refractivity contribution in [3.8, 4) is 0 Å². The van der Waals surface area contributed by atoms with Gasteiger partial charge in [0.1, 0.15) is 0 Å². The van der Waals surface area contributed by atoms with Crippen molar-refractivity contribution in [2.45, 2.75) is 32.1 Å². The highest BCUT2D eigenvalue weighted by Crippen LogP contribution is 2.37. The Hall–Kier alpha value is -0.570. The quantitative estimate of drug-likeness (QED) is 0.705. The molecular weight excluding hydrogens is 178 g/mol. The number of aliphatic carboxylic acids is 1. The fourth-order valence-electron chi connectivity index (χ4n) is 3.07. The largest absolute Gasteiger partial charge is 0.481 e. The normalized spacial score (nSPS) is 34.6. The Morgan fingerprint density at radius 2 is 1.93 bits per heavy atom. The molecule has 3 nitrogen and oxygen atoms in total. The molecule has 2 atom stereocenters. The van der Waals surface area contributed by atoms with Gasteiger partial charge in [0.25, 0.3) is 0 Å². The first-order chi connectivity index (χ1) is 6.79. The van der Waals surface area contributed by atoms with E-state index in [-0.39, 0.29) is 5.92 Å². The molecule has 0 aromatic heterocycles. The standard InChI is InChI=1S/C11H19NO2/c13-11(14)9-5-6-12-7-10(9)8-3-1-2-4-8/h8-10,12H,1-7H2,(H,13,14)/t9-,10-/m0/s1. The van der Waals surface area contributed by atoms with E-state index in [2.05, 4.69) is 5.32 Å². The number of rotatable bonds is 2. The average Bonchev–Trinajstić information content (AvgIpc) is 2.70. The van der Waals surface area contributed by atoms with E-state index in [0.29, 0.717) is 11.8 Å². The Labute approximate surface area is 84.9 Å². The van der Waals surface area contributed by atoms with Crippen LogP contribution in [0.2, 0.25) is 0 Å². The number of carboxylic acids is 1. The van der Waals surface area contributed by atoms with Crippen molar-refractivity contribution in [1.29, 1.82) is 0 Å². The van der Waals surface area contributed by atoms with Gasteiger partial charge in [-0.25, -0.2) is 0 Å². The molecule has 1 heterocycles. The second-order valence-electron chi connectivity index (χ2n) is 4.65. The maximum absolute atomic E-state index is 11.1. The van der Waals surface area contributed by atoms with Gasteiger partial charge in [0.15, 0.2) is 0 Å². The van der Waals surface area contributed by atoms with Crippen molar-refractivity contribution in [3.05, 3.63) is 0 Å². The van der Waals surface area contributed by atoms with Gasteiger partial charge in [-0.05, 0) is 31.3 Å². The Bertz CT molecular complexity index is 211. The summed E-state index contributed by atoms with van der Waals surface area (Å²) in [7, 11) is 0. The fourth-order valence-corrected chi connectivity index (χ4v) is 3.07. The zero-order chi connectivity index (χ0) is 9.97. The number of piperidine rings is 1. The van der Waals surface area contributed by atoms with Crippen LogP contribution >= 0.6 is 0 Å². The molecule has 1 aliphatic heterocycles. The van der Waals surface area contributed by atoms with Crippen molar-refractivity contribution in [2.24, 2.45) is 17.8 Å². The van der Waals surface area contributed by atoms with Gasteiger partial charge < -0.3 is 10.4 Å². The van der Waals surface area contributed by atoms with Crippen LogP contribution in [0.3, 0.4) is 0 Å². The molecular formula is C11H19NO2. The molecule has 0 aromatic rings. The summed E-state index contributed by atoms with van der Waals surface area (Å²) in [6, 6.07) is 0. The highest BCUT2D eigenvalue weighted by molar-refractivity contribution is 5.70. The molecule has 2 N–H and O–H groups in total. The van der Waals surface area contributed by atoms with Crippen LogP contribution in [0.25, 0.3) is 0 Å². The highest BCUT2D eigenvalue weighted by Gasteiger charge is 2.36. The third-order valence-corrected chi connectivity index (χ3v) is 3.85. The molecule has 1 saturated carbocycles. The van der Waals surface area contributed by atoms with Gasteiger partial charge in [-0.1, -0.05) is 25.7 Å². The van der Waals surface area contributed by atoms with Crippen LogP contribution in [0.4, 0.5) is 0 Å². The molecule has 80 valence electrons. The zero-order valence-corrected chi connectivity index (χ0v) is 8.54. The van der Waals surface area contributed by atoms with Gasteiger partial charge in [-0.15, -0.1) is 0 Å². The fraction of sp³-hybridized carbons (Fsp3) is 0.909. The molecule has 0 bridgehead atoms. The number of hydrogen-bond acceptors (Lipinski definition) is 2. The van der Waals surface area contributed by atoms with Crippen molar-refractivity contribution in [2.75, 3.05) is 13.1 Å². The summed E-state index contributed by atoms with van der Waals surface area (Å²) in [6.07, 6.45) is 5.91. The maximum Gasteiger partial charge on any atom is 0.306 e. The molecule has 0 unspecified atom stereocenters. The summed E-state index contributed by atoms with van der Waals surface area (Å²) < 4.78 is 0. The third kappa shape index (κ3) is 1.92. The molecule has 0 amide bonds. The highest BCUT2D eigenvalue weighted by atomic mass is 16.4. The first-order valence-corrected chi connectivity index (χ1v) is 5.72. The molecule has 1 saturated heterocycles. The van der Waals surface area contributed by atoms with Gasteiger partial charge in [0.2, 0.25) is 0 Å². The van der Waals surface area contributed by atoms with Gasteiger partial charge in [0, 0.05) is 0 Å². The van der Waals surface area contributed by atoms with Gasteiger partial charge >= 0.3 is 5.97 Å². The van der Waals surface area contributed by atoms with Crippen LogP contribution < -0.4 is 5.32 Å². The van der Waals surface area contributed by atoms with Crippen LogP contribution in [-0.2, 0) is 4.79 Å². The summed E-state index contributed by atoms with van der Waals surface area (Å²) in [6.45, 7) is 1.79. The smallest absolute Gasteiger partial charge is 0.306 e. The van der Waals surface area contributed by atoms with Crippen LogP contribution in [0.1, 0.15) is 32.1 Å². The van der Waals surface area contributed by atoms with E-state index in [4.69, 9.17) is 5.11 Å². The van der Waals surface area contributed by atoms with Crippen molar-refractivity contribution >= 4 is 5.97 Å². The molecule has 14 heavy (non-hydrogen) atoms. The van der Waals surface area contributed by atoms with Crippen LogP contribution in [0.15, 0.2) is 0 Å². The molecule has 1 aliphatic carbocycles. The minimum atomic E-state index is -0.580. The first-order valence-electron chi connectivity index (χ1n) is 5.72. The first kappa shape index (κ1) is 9.97. The minimum Gasteiger partial charge on any atom is -0.481 e. The topological polar surface area (TPSA) is 49.3 Å². The van der Waals surface area contributed by atoms with Crippen molar-refractivity contribution in [1.82, 2.24) is 5.32 Å². The molecule has 0 radical (unpaired) electrons. The Morgan fingerprint density at radius 3 is 2.57 bits per heavy atom. The van der Waals surface area contributed by atoms with Crippen LogP contribution in [-0.4, -0.2) is 24.2 Å². The zero-order valence-electron chi connectivity index (χ0n) is 8.54. The summed E-state index contributed by atoms with van der Waals surface area (Å²) in [5, 5.41) is 12.5. The summed E-state index contributed by atoms with van der Waals surface area (Å²) >= 11 is 0. The number of carboxylic acid groups (broad SMARTS) is 1. The van der Waals surface area contributed by atoms with Crippen LogP contribution in [0, 0.1) is 17.8 Å². The SMILES string of the molecule is O=C(O)[C@H]1CCNC[C@H]1C1CCCC1. The van der Waals surface area contributed by atoms with Crippen molar-refractivity contribution < 1.29 is 9.90 Å². The lowest BCUT2D eigenvalue weighted by molar-refractivity contribution is -0.145. The molecule has 3 heteroatoms. The lowest BCUT2D eigenvalue weighted by Crippen LogP contribution is -2.43. The van der Waals surface area contributed by atoms with Gasteiger partial charge in [-0.2, -0.15) is 0 Å². The summed E-state index contributed by atoms with van der Waals surface area (Å²) in [4.78, 5) is 11.1. The Balaban J connectivity index is 2.01. The Kier molecular flexibility index (Phi) is 3.06. The molecule has 2 rings (SSSR count). The predicted molar refractivity (Wildman–Crippen MR) is 54.1 cm³/mol. The summed E-state index contributed by atoms with van der Waals surface area (Å²) in [5.74, 6) is 0.399. The molecule has 0 aromatic carbocycles. The summed E-state index contributed by atoms with van der Waals surface area (Å²) in [5.41, 5.74) is 0. The molecule has 2 aliphatic rings.